The van der Waals surface area contributed by atoms with E-state index in [9.17, 15) is 20.1 Å². The molecule has 5 N–H and O–H groups in total. The summed E-state index contributed by atoms with van der Waals surface area (Å²) in [5.41, 5.74) is 4.04. The molecule has 0 aromatic heterocycles. The minimum atomic E-state index is -0.885. The molecule has 0 unspecified atom stereocenters. The Morgan fingerprint density at radius 2 is 1.66 bits per heavy atom. The molecule has 0 spiro atoms. The summed E-state index contributed by atoms with van der Waals surface area (Å²) in [6.07, 6.45) is 0.0635. The number of aryl methyl sites for hydroxylation is 1. The van der Waals surface area contributed by atoms with Crippen LogP contribution in [0.3, 0.4) is 0 Å². The maximum Gasteiger partial charge on any atom is 0.224 e. The van der Waals surface area contributed by atoms with E-state index in [-0.39, 0.29) is 35.9 Å². The van der Waals surface area contributed by atoms with Gasteiger partial charge in [-0.05, 0) is 73.2 Å². The molecule has 0 saturated heterocycles. The van der Waals surface area contributed by atoms with Gasteiger partial charge in [-0.1, -0.05) is 48.0 Å². The van der Waals surface area contributed by atoms with Crippen molar-refractivity contribution in [2.75, 3.05) is 6.54 Å². The van der Waals surface area contributed by atoms with Crippen molar-refractivity contribution in [1.29, 1.82) is 0 Å². The van der Waals surface area contributed by atoms with Gasteiger partial charge in [-0.15, -0.1) is 0 Å². The molecule has 3 aromatic rings. The predicted molar refractivity (Wildman–Crippen MR) is 139 cm³/mol. The van der Waals surface area contributed by atoms with Crippen molar-refractivity contribution < 1.29 is 20.1 Å². The van der Waals surface area contributed by atoms with E-state index < -0.39 is 6.10 Å². The fourth-order valence-corrected chi connectivity index (χ4v) is 4.34. The summed E-state index contributed by atoms with van der Waals surface area (Å²) >= 11 is 6.25. The summed E-state index contributed by atoms with van der Waals surface area (Å²) in [5.74, 6) is -0.265. The number of carbonyl (C=O) groups is 1. The second-order valence-corrected chi connectivity index (χ2v) is 9.96. The number of hydrogen-bond donors (Lipinski definition) is 5. The molecule has 1 atom stereocenters. The van der Waals surface area contributed by atoms with E-state index >= 15 is 0 Å². The number of aliphatic hydroxyl groups is 1. The largest absolute Gasteiger partial charge is 0.508 e. The molecule has 3 rings (SSSR count). The average Bonchev–Trinajstić information content (AvgIpc) is 2.76. The first kappa shape index (κ1) is 26.5. The number of nitrogens with one attached hydrogen (secondary N) is 2. The molecule has 6 nitrogen and oxygen atoms in total. The molecule has 0 saturated carbocycles. The fourth-order valence-electron chi connectivity index (χ4n) is 4.05. The highest BCUT2D eigenvalue weighted by Crippen LogP contribution is 2.25. The smallest absolute Gasteiger partial charge is 0.224 e. The first-order valence-corrected chi connectivity index (χ1v) is 11.9. The van der Waals surface area contributed by atoms with Crippen molar-refractivity contribution in [3.63, 3.8) is 0 Å². The first-order chi connectivity index (χ1) is 16.5. The van der Waals surface area contributed by atoms with E-state index in [1.807, 2.05) is 63.2 Å². The Bertz CT molecular complexity index is 1140. The van der Waals surface area contributed by atoms with Crippen molar-refractivity contribution in [1.82, 2.24) is 10.6 Å². The lowest BCUT2D eigenvalue weighted by molar-refractivity contribution is -0.120. The Morgan fingerprint density at radius 1 is 1.00 bits per heavy atom. The fraction of sp³-hybridized carbons (Fsp3) is 0.321. The number of benzene rings is 3. The van der Waals surface area contributed by atoms with Crippen LogP contribution in [0, 0.1) is 6.92 Å². The van der Waals surface area contributed by atoms with Crippen LogP contribution >= 0.6 is 11.6 Å². The van der Waals surface area contributed by atoms with Crippen LogP contribution in [-0.2, 0) is 24.2 Å². The summed E-state index contributed by atoms with van der Waals surface area (Å²) in [5, 5.41) is 36.7. The Morgan fingerprint density at radius 3 is 2.34 bits per heavy atom. The molecule has 0 bridgehead atoms. The van der Waals surface area contributed by atoms with Gasteiger partial charge in [0.1, 0.15) is 11.5 Å². The minimum absolute atomic E-state index is 0.0728. The van der Waals surface area contributed by atoms with E-state index in [2.05, 4.69) is 10.6 Å². The Labute approximate surface area is 211 Å². The zero-order valence-corrected chi connectivity index (χ0v) is 21.1. The Balaban J connectivity index is 1.55. The normalized spacial score (nSPS) is 12.4. The van der Waals surface area contributed by atoms with E-state index in [0.29, 0.717) is 23.6 Å². The zero-order chi connectivity index (χ0) is 25.6. The molecule has 35 heavy (non-hydrogen) atoms. The number of hydrogen-bond acceptors (Lipinski definition) is 5. The number of halogens is 1. The van der Waals surface area contributed by atoms with Crippen molar-refractivity contribution in [2.45, 2.75) is 51.8 Å². The highest BCUT2D eigenvalue weighted by molar-refractivity contribution is 6.31. The van der Waals surface area contributed by atoms with Gasteiger partial charge in [0.15, 0.2) is 0 Å². The van der Waals surface area contributed by atoms with Crippen LogP contribution in [0.2, 0.25) is 5.02 Å². The van der Waals surface area contributed by atoms with Gasteiger partial charge in [-0.2, -0.15) is 0 Å². The monoisotopic (exact) mass is 496 g/mol. The number of amides is 1. The lowest BCUT2D eigenvalue weighted by atomic mass is 9.93. The van der Waals surface area contributed by atoms with Crippen molar-refractivity contribution in [2.24, 2.45) is 0 Å². The molecule has 0 aliphatic heterocycles. The number of β-amino-alcohol motifs (C(OH)–C–C–N with tert-alkyl or cyclic N) is 1. The van der Waals surface area contributed by atoms with Gasteiger partial charge in [-0.25, -0.2) is 0 Å². The van der Waals surface area contributed by atoms with Gasteiger partial charge >= 0.3 is 0 Å². The van der Waals surface area contributed by atoms with Crippen LogP contribution in [0.5, 0.6) is 11.5 Å². The van der Waals surface area contributed by atoms with Crippen molar-refractivity contribution in [3.05, 3.63) is 93.5 Å². The summed E-state index contributed by atoms with van der Waals surface area (Å²) in [4.78, 5) is 12.5. The predicted octanol–water partition coefficient (Wildman–Crippen LogP) is 4.56. The molecular weight excluding hydrogens is 464 g/mol. The Hall–Kier alpha value is -3.06. The van der Waals surface area contributed by atoms with Crippen LogP contribution < -0.4 is 10.6 Å². The topological polar surface area (TPSA) is 102 Å². The summed E-state index contributed by atoms with van der Waals surface area (Å²) in [7, 11) is 0. The molecule has 0 aliphatic rings. The number of carbonyl (C=O) groups excluding carboxylic acids is 1. The van der Waals surface area contributed by atoms with Crippen LogP contribution in [0.15, 0.2) is 60.7 Å². The third-order valence-corrected chi connectivity index (χ3v) is 6.26. The molecule has 0 aliphatic carbocycles. The third kappa shape index (κ3) is 7.99. The molecule has 0 radical (unpaired) electrons. The maximum absolute atomic E-state index is 12.5. The summed E-state index contributed by atoms with van der Waals surface area (Å²) in [6.45, 7) is 6.68. The van der Waals surface area contributed by atoms with E-state index in [1.54, 1.807) is 0 Å². The van der Waals surface area contributed by atoms with Crippen LogP contribution in [-0.4, -0.2) is 33.3 Å². The molecule has 3 aromatic carbocycles. The highest BCUT2D eigenvalue weighted by Gasteiger charge is 2.21. The molecule has 186 valence electrons. The number of aromatic hydroxyl groups is 2. The molecule has 1 amide bonds. The number of phenols is 2. The van der Waals surface area contributed by atoms with Gasteiger partial charge in [0.2, 0.25) is 5.91 Å². The number of phenolic OH excluding ortho intramolecular Hbond substituents is 2. The standard InChI is InChI=1S/C28H33ClN2O4/c1-18-6-4-9-25(29)24(18)16-30-27(35)11-19-7-5-8-20(10-19)15-28(2,3)31-17-26(34)21-12-22(32)14-23(33)13-21/h4-10,12-14,26,31-34H,11,15-17H2,1-3H3,(H,30,35)/t26-/m0/s1. The molecule has 7 heteroatoms. The lowest BCUT2D eigenvalue weighted by Gasteiger charge is -2.28. The van der Waals surface area contributed by atoms with E-state index in [1.165, 1.54) is 18.2 Å². The average molecular weight is 497 g/mol. The quantitative estimate of drug-likeness (QED) is 0.283. The minimum Gasteiger partial charge on any atom is -0.508 e. The van der Waals surface area contributed by atoms with Crippen LogP contribution in [0.4, 0.5) is 0 Å². The number of rotatable bonds is 10. The van der Waals surface area contributed by atoms with Gasteiger partial charge in [-0.3, -0.25) is 4.79 Å². The maximum atomic E-state index is 12.5. The molecule has 0 fully saturated rings. The van der Waals surface area contributed by atoms with Gasteiger partial charge < -0.3 is 26.0 Å². The summed E-state index contributed by atoms with van der Waals surface area (Å²) < 4.78 is 0. The van der Waals surface area contributed by atoms with Gasteiger partial charge in [0, 0.05) is 29.7 Å². The Kier molecular flexibility index (Phi) is 8.78. The zero-order valence-electron chi connectivity index (χ0n) is 20.3. The van der Waals surface area contributed by atoms with E-state index in [0.717, 1.165) is 22.3 Å². The van der Waals surface area contributed by atoms with Crippen LogP contribution in [0.1, 0.15) is 47.8 Å². The van der Waals surface area contributed by atoms with Gasteiger partial charge in [0.05, 0.1) is 12.5 Å². The third-order valence-electron chi connectivity index (χ3n) is 5.90. The first-order valence-electron chi connectivity index (χ1n) is 11.6. The van der Waals surface area contributed by atoms with Crippen LogP contribution in [0.25, 0.3) is 0 Å². The van der Waals surface area contributed by atoms with Crippen molar-refractivity contribution >= 4 is 17.5 Å². The van der Waals surface area contributed by atoms with Crippen molar-refractivity contribution in [3.8, 4) is 11.5 Å². The second-order valence-electron chi connectivity index (χ2n) is 9.55. The summed E-state index contributed by atoms with van der Waals surface area (Å²) in [6, 6.07) is 17.7. The SMILES string of the molecule is Cc1cccc(Cl)c1CNC(=O)Cc1cccc(CC(C)(C)NC[C@H](O)c2cc(O)cc(O)c2)c1. The second kappa shape index (κ2) is 11.6. The highest BCUT2D eigenvalue weighted by atomic mass is 35.5. The molecular formula is C28H33ClN2O4. The molecule has 0 heterocycles. The lowest BCUT2D eigenvalue weighted by Crippen LogP contribution is -2.43. The number of aliphatic hydroxyl groups excluding tert-OH is 1. The van der Waals surface area contributed by atoms with E-state index in [4.69, 9.17) is 11.6 Å². The van der Waals surface area contributed by atoms with Gasteiger partial charge in [0.25, 0.3) is 0 Å².